The average Bonchev–Trinajstić information content (AvgIpc) is 3.60. The van der Waals surface area contributed by atoms with Crippen LogP contribution in [0.4, 0.5) is 10.8 Å². The van der Waals surface area contributed by atoms with Gasteiger partial charge in [0.1, 0.15) is 0 Å². The summed E-state index contributed by atoms with van der Waals surface area (Å²) < 4.78 is 14.3. The van der Waals surface area contributed by atoms with E-state index in [1.165, 1.54) is 11.3 Å². The summed E-state index contributed by atoms with van der Waals surface area (Å²) in [5.74, 6) is 0.770. The predicted molar refractivity (Wildman–Crippen MR) is 141 cm³/mol. The molecule has 1 N–H and O–H groups in total. The standard InChI is InChI=1S/C24H29N7O2S.Sn/c1-5-30(6-2)24(32)21-18(15-29-7-9-33-10-8-29)11-20(34-21)28-22-23-26-13-19(16(3)12-25)31(23)14-17(4)27-22;/h3,11-14H,5-10,15H2,1-2,4H3,(H,27,28);/q-1;+1. The summed E-state index contributed by atoms with van der Waals surface area (Å²) in [6.45, 7) is 11.3. The number of aryl methyl sites for hydroxylation is 1. The van der Waals surface area contributed by atoms with Crippen LogP contribution in [0.25, 0.3) is 11.2 Å². The third kappa shape index (κ3) is 5.15. The molecule has 0 bridgehead atoms. The van der Waals surface area contributed by atoms with Crippen LogP contribution in [0.1, 0.15) is 40.5 Å². The Bertz CT molecular complexity index is 1290. The van der Waals surface area contributed by atoms with Gasteiger partial charge in [-0.3, -0.25) is 0 Å². The normalized spacial score (nSPS) is 16.1. The Hall–Kier alpha value is -2.28. The number of amides is 1. The number of thiophene rings is 1. The van der Waals surface area contributed by atoms with Crippen molar-refractivity contribution in [1.82, 2.24) is 24.2 Å². The van der Waals surface area contributed by atoms with E-state index in [2.05, 4.69) is 33.0 Å². The smallest absolute Gasteiger partial charge is 0.379 e. The van der Waals surface area contributed by atoms with E-state index in [1.54, 1.807) is 0 Å². The SMILES string of the molecule is CCN(CC)C(=O)c1sc(Nc2nc(C)cn3c(C4=[CH][Sn][N]=C4)cnc23)cc1CN1CCOCC1. The van der Waals surface area contributed by atoms with Gasteiger partial charge < -0.3 is 4.74 Å². The molecule has 0 spiro atoms. The molecule has 182 valence electrons. The number of carbonyl (C=O) groups is 1. The minimum Gasteiger partial charge on any atom is -0.379 e. The van der Waals surface area contributed by atoms with E-state index < -0.39 is 21.4 Å². The van der Waals surface area contributed by atoms with Gasteiger partial charge in [0.05, 0.1) is 13.2 Å². The number of fused-ring (bicyclic) bond motifs is 1. The topological polar surface area (TPSA) is 87.4 Å². The minimum absolute atomic E-state index is 0.0827. The second-order valence-electron chi connectivity index (χ2n) is 8.51. The molecule has 3 aromatic rings. The fourth-order valence-electron chi connectivity index (χ4n) is 4.36. The van der Waals surface area contributed by atoms with Gasteiger partial charge >= 0.3 is 162 Å². The zero-order chi connectivity index (χ0) is 24.4. The zero-order valence-corrected chi connectivity index (χ0v) is 23.9. The van der Waals surface area contributed by atoms with Gasteiger partial charge in [0.2, 0.25) is 0 Å². The molecule has 0 atom stereocenters. The Labute approximate surface area is 219 Å². The molecule has 1 fully saturated rings. The Morgan fingerprint density at radius 2 is 2.09 bits per heavy atom. The summed E-state index contributed by atoms with van der Waals surface area (Å²) in [7, 11) is 0. The number of hydrogen-bond acceptors (Lipinski definition) is 8. The van der Waals surface area contributed by atoms with Crippen LogP contribution in [0, 0.1) is 6.92 Å². The summed E-state index contributed by atoms with van der Waals surface area (Å²) >= 11 is 0.723. The van der Waals surface area contributed by atoms with Gasteiger partial charge in [0.25, 0.3) is 0 Å². The molecule has 0 saturated carbocycles. The van der Waals surface area contributed by atoms with Crippen molar-refractivity contribution in [3.63, 3.8) is 0 Å². The average molecular weight is 598 g/mol. The van der Waals surface area contributed by atoms with Gasteiger partial charge in [-0.2, -0.15) is 0 Å². The van der Waals surface area contributed by atoms with E-state index >= 15 is 0 Å². The maximum absolute atomic E-state index is 13.4. The van der Waals surface area contributed by atoms with E-state index in [4.69, 9.17) is 9.72 Å². The number of carbonyl (C=O) groups excluding carboxylic acids is 1. The monoisotopic (exact) mass is 599 g/mol. The number of ether oxygens (including phenoxy) is 1. The van der Waals surface area contributed by atoms with Crippen LogP contribution < -0.4 is 5.32 Å². The molecule has 11 heteroatoms. The first kappa shape index (κ1) is 24.4. The molecule has 0 unspecified atom stereocenters. The molecular formula is C24H29N7O2SSn. The van der Waals surface area contributed by atoms with E-state index in [1.807, 2.05) is 44.3 Å². The molecule has 2 radical (unpaired) electrons. The number of allylic oxidation sites excluding steroid dienone is 1. The molecular weight excluding hydrogens is 569 g/mol. The quantitative estimate of drug-likeness (QED) is 0.401. The van der Waals surface area contributed by atoms with Crippen molar-refractivity contribution in [3.8, 4) is 0 Å². The third-order valence-corrected chi connectivity index (χ3v) is 9.33. The number of morpholine rings is 1. The van der Waals surface area contributed by atoms with Gasteiger partial charge in [-0.05, 0) is 13.8 Å². The van der Waals surface area contributed by atoms with Crippen LogP contribution in [0.3, 0.4) is 0 Å². The number of nitrogens with one attached hydrogen (secondary N) is 1. The Morgan fingerprint density at radius 3 is 2.80 bits per heavy atom. The van der Waals surface area contributed by atoms with Crippen molar-refractivity contribution in [2.24, 2.45) is 3.21 Å². The van der Waals surface area contributed by atoms with E-state index in [0.717, 1.165) is 70.9 Å². The molecule has 1 amide bonds. The molecule has 1 saturated heterocycles. The minimum atomic E-state index is -0.771. The van der Waals surface area contributed by atoms with Gasteiger partial charge in [0, 0.05) is 26.2 Å². The predicted octanol–water partition coefficient (Wildman–Crippen LogP) is 3.20. The van der Waals surface area contributed by atoms with Gasteiger partial charge in [-0.15, -0.1) is 0 Å². The first-order valence-electron chi connectivity index (χ1n) is 11.9. The second kappa shape index (κ2) is 10.8. The summed E-state index contributed by atoms with van der Waals surface area (Å²) in [6.07, 6.45) is 5.85. The molecule has 0 aliphatic carbocycles. The molecule has 3 aromatic heterocycles. The zero-order valence-electron chi connectivity index (χ0n) is 20.2. The fraction of sp³-hybridized carbons (Fsp3) is 0.417. The Balaban J connectivity index is 1.49. The first-order valence-corrected chi connectivity index (χ1v) is 15.6. The summed E-state index contributed by atoms with van der Waals surface area (Å²) in [5, 5.41) is 4.38. The molecule has 5 rings (SSSR count). The van der Waals surface area contributed by atoms with E-state index in [-0.39, 0.29) is 5.91 Å². The molecule has 2 aliphatic rings. The van der Waals surface area contributed by atoms with Crippen molar-refractivity contribution in [3.05, 3.63) is 44.4 Å². The van der Waals surface area contributed by atoms with Crippen molar-refractivity contribution >= 4 is 66.9 Å². The summed E-state index contributed by atoms with van der Waals surface area (Å²) in [4.78, 5) is 27.8. The van der Waals surface area contributed by atoms with Crippen molar-refractivity contribution in [1.29, 1.82) is 0 Å². The van der Waals surface area contributed by atoms with Crippen LogP contribution in [-0.2, 0) is 11.3 Å². The number of rotatable bonds is 8. The van der Waals surface area contributed by atoms with Crippen LogP contribution in [0.15, 0.2) is 25.8 Å². The van der Waals surface area contributed by atoms with Crippen molar-refractivity contribution in [2.45, 2.75) is 27.3 Å². The van der Waals surface area contributed by atoms with Gasteiger partial charge in [-0.25, -0.2) is 0 Å². The first-order chi connectivity index (χ1) is 17.1. The fourth-order valence-corrected chi connectivity index (χ4v) is 7.25. The number of aromatic nitrogens is 3. The van der Waals surface area contributed by atoms with E-state index in [0.29, 0.717) is 18.9 Å². The number of hydrogen-bond donors (Lipinski definition) is 1. The van der Waals surface area contributed by atoms with Crippen LogP contribution in [-0.4, -0.2) is 97.1 Å². The molecule has 0 aromatic carbocycles. The van der Waals surface area contributed by atoms with Crippen molar-refractivity contribution < 1.29 is 9.53 Å². The Kier molecular flexibility index (Phi) is 7.51. The van der Waals surface area contributed by atoms with Crippen LogP contribution in [0.2, 0.25) is 0 Å². The van der Waals surface area contributed by atoms with Crippen LogP contribution >= 0.6 is 11.3 Å². The van der Waals surface area contributed by atoms with Crippen LogP contribution in [0.5, 0.6) is 0 Å². The molecule has 9 nitrogen and oxygen atoms in total. The maximum atomic E-state index is 13.4. The molecule has 2 aliphatic heterocycles. The van der Waals surface area contributed by atoms with Gasteiger partial charge in [-0.1, -0.05) is 0 Å². The van der Waals surface area contributed by atoms with Gasteiger partial charge in [0.15, 0.2) is 0 Å². The summed E-state index contributed by atoms with van der Waals surface area (Å²) in [6, 6.07) is 2.10. The molecule has 35 heavy (non-hydrogen) atoms. The summed E-state index contributed by atoms with van der Waals surface area (Å²) in [5.41, 5.74) is 4.86. The number of nitrogens with zero attached hydrogens (tertiary/aromatic N) is 6. The second-order valence-corrected chi connectivity index (χ2v) is 11.9. The molecule has 5 heterocycles. The Morgan fingerprint density at radius 1 is 1.29 bits per heavy atom. The number of imidazole rings is 1. The van der Waals surface area contributed by atoms with E-state index in [9.17, 15) is 4.79 Å². The number of anilines is 2. The van der Waals surface area contributed by atoms with Crippen molar-refractivity contribution in [2.75, 3.05) is 44.7 Å². The third-order valence-electron chi connectivity index (χ3n) is 6.20.